The van der Waals surface area contributed by atoms with E-state index >= 15 is 0 Å². The van der Waals surface area contributed by atoms with Crippen LogP contribution in [0.1, 0.15) is 40.5 Å². The molecule has 1 saturated heterocycles. The minimum atomic E-state index is -3.62. The first-order chi connectivity index (χ1) is 9.07. The highest BCUT2D eigenvalue weighted by molar-refractivity contribution is 7.89. The molecule has 0 aromatic heterocycles. The largest absolute Gasteiger partial charge is 0.300 e. The summed E-state index contributed by atoms with van der Waals surface area (Å²) in [5.74, 6) is 0.111. The molecule has 0 atom stereocenters. The Labute approximate surface area is 120 Å². The van der Waals surface area contributed by atoms with Gasteiger partial charge in [-0.05, 0) is 39.8 Å². The lowest BCUT2D eigenvalue weighted by Crippen LogP contribution is -2.62. The number of Topliss-reactive ketones (excluding diaryl/α,β-unsaturated/α-hetero) is 1. The van der Waals surface area contributed by atoms with Gasteiger partial charge in [0.05, 0.1) is 4.90 Å². The fourth-order valence-electron chi connectivity index (χ4n) is 3.34. The van der Waals surface area contributed by atoms with Crippen LogP contribution in [0.3, 0.4) is 0 Å². The van der Waals surface area contributed by atoms with Gasteiger partial charge in [0, 0.05) is 23.9 Å². The number of carbonyl (C=O) groups excluding carboxylic acids is 1. The van der Waals surface area contributed by atoms with E-state index in [1.807, 2.05) is 27.7 Å². The summed E-state index contributed by atoms with van der Waals surface area (Å²) in [5.41, 5.74) is -1.43. The molecule has 1 aliphatic heterocycles. The summed E-state index contributed by atoms with van der Waals surface area (Å²) in [5, 5.41) is 0. The van der Waals surface area contributed by atoms with E-state index in [4.69, 9.17) is 0 Å². The maximum atomic E-state index is 12.9. The Bertz CT molecular complexity index is 598. The van der Waals surface area contributed by atoms with Crippen molar-refractivity contribution in [1.82, 2.24) is 4.31 Å². The second kappa shape index (κ2) is 4.67. The van der Waals surface area contributed by atoms with Crippen molar-refractivity contribution < 1.29 is 13.2 Å². The van der Waals surface area contributed by atoms with Crippen molar-refractivity contribution in [2.24, 2.45) is 0 Å². The van der Waals surface area contributed by atoms with Gasteiger partial charge in [-0.2, -0.15) is 4.31 Å². The molecule has 2 rings (SSSR count). The molecule has 0 radical (unpaired) electrons. The lowest BCUT2D eigenvalue weighted by atomic mass is 9.82. The van der Waals surface area contributed by atoms with E-state index in [-0.39, 0.29) is 23.5 Å². The van der Waals surface area contributed by atoms with Gasteiger partial charge in [-0.25, -0.2) is 8.42 Å². The summed E-state index contributed by atoms with van der Waals surface area (Å²) in [6, 6.07) is 8.40. The van der Waals surface area contributed by atoms with Crippen LogP contribution in [0.4, 0.5) is 0 Å². The average Bonchev–Trinajstić information content (AvgIpc) is 2.25. The number of hydrogen-bond donors (Lipinski definition) is 0. The van der Waals surface area contributed by atoms with E-state index in [0.29, 0.717) is 0 Å². The number of carbonyl (C=O) groups is 1. The summed E-state index contributed by atoms with van der Waals surface area (Å²) >= 11 is 0. The first-order valence-electron chi connectivity index (χ1n) is 6.70. The van der Waals surface area contributed by atoms with Crippen molar-refractivity contribution in [1.29, 1.82) is 0 Å². The molecule has 0 unspecified atom stereocenters. The highest BCUT2D eigenvalue weighted by Crippen LogP contribution is 2.40. The standard InChI is InChI=1S/C15H21NO3S/c1-14(2)10-12(17)11-15(3,4)16(14)20(18,19)13-8-6-5-7-9-13/h5-9H,10-11H2,1-4H3. The van der Waals surface area contributed by atoms with Crippen LogP contribution in [0.5, 0.6) is 0 Å². The molecular weight excluding hydrogens is 274 g/mol. The van der Waals surface area contributed by atoms with Crippen molar-refractivity contribution in [3.8, 4) is 0 Å². The van der Waals surface area contributed by atoms with Crippen LogP contribution in [-0.2, 0) is 14.8 Å². The van der Waals surface area contributed by atoms with E-state index in [1.165, 1.54) is 4.31 Å². The zero-order valence-corrected chi connectivity index (χ0v) is 13.2. The molecule has 0 N–H and O–H groups in total. The van der Waals surface area contributed by atoms with Crippen LogP contribution in [0.2, 0.25) is 0 Å². The Hall–Kier alpha value is -1.20. The molecule has 4 nitrogen and oxygen atoms in total. The molecule has 0 saturated carbocycles. The van der Waals surface area contributed by atoms with Gasteiger partial charge in [-0.1, -0.05) is 18.2 Å². The van der Waals surface area contributed by atoms with Crippen LogP contribution in [0.15, 0.2) is 35.2 Å². The predicted octanol–water partition coefficient (Wildman–Crippen LogP) is 2.60. The van der Waals surface area contributed by atoms with Gasteiger partial charge in [-0.3, -0.25) is 4.79 Å². The second-order valence-corrected chi connectivity index (χ2v) is 8.39. The van der Waals surface area contributed by atoms with Gasteiger partial charge in [0.25, 0.3) is 0 Å². The normalized spacial score (nSPS) is 22.7. The van der Waals surface area contributed by atoms with Crippen molar-refractivity contribution in [3.05, 3.63) is 30.3 Å². The smallest absolute Gasteiger partial charge is 0.244 e. The third kappa shape index (κ3) is 2.52. The highest BCUT2D eigenvalue weighted by Gasteiger charge is 2.51. The fraction of sp³-hybridized carbons (Fsp3) is 0.533. The lowest BCUT2D eigenvalue weighted by molar-refractivity contribution is -0.128. The van der Waals surface area contributed by atoms with E-state index in [9.17, 15) is 13.2 Å². The Balaban J connectivity index is 2.57. The minimum Gasteiger partial charge on any atom is -0.300 e. The Morgan fingerprint density at radius 1 is 0.950 bits per heavy atom. The molecule has 20 heavy (non-hydrogen) atoms. The monoisotopic (exact) mass is 295 g/mol. The average molecular weight is 295 g/mol. The number of benzene rings is 1. The molecule has 0 spiro atoms. The molecule has 0 amide bonds. The molecule has 110 valence electrons. The van der Waals surface area contributed by atoms with Gasteiger partial charge in [0.1, 0.15) is 5.78 Å². The van der Waals surface area contributed by atoms with Gasteiger partial charge < -0.3 is 0 Å². The lowest BCUT2D eigenvalue weighted by Gasteiger charge is -2.50. The van der Waals surface area contributed by atoms with Crippen LogP contribution in [0, 0.1) is 0 Å². The maximum Gasteiger partial charge on any atom is 0.244 e. The topological polar surface area (TPSA) is 54.5 Å². The van der Waals surface area contributed by atoms with E-state index < -0.39 is 21.1 Å². The Morgan fingerprint density at radius 2 is 1.40 bits per heavy atom. The van der Waals surface area contributed by atoms with Crippen LogP contribution < -0.4 is 0 Å². The van der Waals surface area contributed by atoms with Gasteiger partial charge in [-0.15, -0.1) is 0 Å². The quantitative estimate of drug-likeness (QED) is 0.842. The van der Waals surface area contributed by atoms with E-state index in [1.54, 1.807) is 30.3 Å². The maximum absolute atomic E-state index is 12.9. The Kier molecular flexibility index (Phi) is 3.55. The Morgan fingerprint density at radius 3 is 1.85 bits per heavy atom. The second-order valence-electron chi connectivity index (χ2n) is 6.60. The number of piperidine rings is 1. The van der Waals surface area contributed by atoms with E-state index in [0.717, 1.165) is 0 Å². The number of rotatable bonds is 2. The number of nitrogens with zero attached hydrogens (tertiary/aromatic N) is 1. The molecular formula is C15H21NO3S. The number of sulfonamides is 1. The molecule has 5 heteroatoms. The highest BCUT2D eigenvalue weighted by atomic mass is 32.2. The third-order valence-corrected chi connectivity index (χ3v) is 5.98. The van der Waals surface area contributed by atoms with Gasteiger partial charge in [0.15, 0.2) is 0 Å². The summed E-state index contributed by atoms with van der Waals surface area (Å²) in [4.78, 5) is 12.2. The molecule has 1 aliphatic rings. The first kappa shape index (κ1) is 15.2. The molecule has 0 aliphatic carbocycles. The number of hydrogen-bond acceptors (Lipinski definition) is 3. The van der Waals surface area contributed by atoms with Gasteiger partial charge >= 0.3 is 0 Å². The summed E-state index contributed by atoms with van der Waals surface area (Å²) in [6.45, 7) is 7.25. The van der Waals surface area contributed by atoms with Crippen molar-refractivity contribution in [3.63, 3.8) is 0 Å². The summed E-state index contributed by atoms with van der Waals surface area (Å²) in [7, 11) is -3.62. The van der Waals surface area contributed by atoms with Crippen molar-refractivity contribution in [2.45, 2.75) is 56.5 Å². The molecule has 0 bridgehead atoms. The molecule has 1 heterocycles. The van der Waals surface area contributed by atoms with Gasteiger partial charge in [0.2, 0.25) is 10.0 Å². The third-order valence-electron chi connectivity index (χ3n) is 3.64. The minimum absolute atomic E-state index is 0.111. The van der Waals surface area contributed by atoms with Crippen molar-refractivity contribution >= 4 is 15.8 Å². The summed E-state index contributed by atoms with van der Waals surface area (Å²) < 4.78 is 27.4. The zero-order valence-electron chi connectivity index (χ0n) is 12.4. The van der Waals surface area contributed by atoms with Crippen molar-refractivity contribution in [2.75, 3.05) is 0 Å². The number of ketones is 1. The van der Waals surface area contributed by atoms with E-state index in [2.05, 4.69) is 0 Å². The fourth-order valence-corrected chi connectivity index (χ4v) is 5.48. The summed E-state index contributed by atoms with van der Waals surface area (Å²) in [6.07, 6.45) is 0.505. The zero-order chi connectivity index (χ0) is 15.2. The first-order valence-corrected chi connectivity index (χ1v) is 8.14. The molecule has 1 fully saturated rings. The van der Waals surface area contributed by atoms with Crippen LogP contribution >= 0.6 is 0 Å². The predicted molar refractivity (Wildman–Crippen MR) is 77.9 cm³/mol. The molecule has 1 aromatic rings. The SMILES string of the molecule is CC1(C)CC(=O)CC(C)(C)N1S(=O)(=O)c1ccccc1. The molecule has 1 aromatic carbocycles. The van der Waals surface area contributed by atoms with Crippen LogP contribution in [-0.4, -0.2) is 29.6 Å². The van der Waals surface area contributed by atoms with Crippen LogP contribution in [0.25, 0.3) is 0 Å².